The predicted molar refractivity (Wildman–Crippen MR) is 92.7 cm³/mol. The highest BCUT2D eigenvalue weighted by Gasteiger charge is 2.39. The van der Waals surface area contributed by atoms with Gasteiger partial charge in [-0.05, 0) is 45.2 Å². The quantitative estimate of drug-likeness (QED) is 0.893. The van der Waals surface area contributed by atoms with Crippen molar-refractivity contribution in [2.45, 2.75) is 51.2 Å². The molecule has 2 aromatic rings. The van der Waals surface area contributed by atoms with Crippen LogP contribution in [0.4, 0.5) is 0 Å². The average molecular weight is 343 g/mol. The second kappa shape index (κ2) is 7.31. The van der Waals surface area contributed by atoms with Crippen molar-refractivity contribution in [3.8, 4) is 0 Å². The monoisotopic (exact) mass is 343 g/mol. The minimum absolute atomic E-state index is 0.0417. The van der Waals surface area contributed by atoms with E-state index in [1.54, 1.807) is 22.0 Å². The van der Waals surface area contributed by atoms with Crippen molar-refractivity contribution in [2.75, 3.05) is 13.1 Å². The molecule has 3 rings (SSSR count). The van der Waals surface area contributed by atoms with Crippen LogP contribution in [0, 0.1) is 0 Å². The Labute approximate surface area is 147 Å². The first kappa shape index (κ1) is 17.5. The second-order valence-electron chi connectivity index (χ2n) is 6.95. The highest BCUT2D eigenvalue weighted by molar-refractivity contribution is 5.76. The number of pyridine rings is 1. The molecule has 0 aliphatic carbocycles. The Morgan fingerprint density at radius 3 is 2.92 bits per heavy atom. The maximum Gasteiger partial charge on any atom is 0.223 e. The molecule has 1 saturated heterocycles. The summed E-state index contributed by atoms with van der Waals surface area (Å²) >= 11 is 0. The number of carbonyl (C=O) groups is 1. The van der Waals surface area contributed by atoms with Gasteiger partial charge in [0.2, 0.25) is 5.91 Å². The zero-order chi connectivity index (χ0) is 17.9. The van der Waals surface area contributed by atoms with Gasteiger partial charge in [-0.15, -0.1) is 5.10 Å². The summed E-state index contributed by atoms with van der Waals surface area (Å²) in [5.41, 5.74) is 0.331. The molecule has 1 fully saturated rings. The minimum atomic E-state index is -1.12. The average Bonchev–Trinajstić information content (AvgIpc) is 3.12. The predicted octanol–water partition coefficient (Wildman–Crippen LogP) is 1.70. The van der Waals surface area contributed by atoms with Gasteiger partial charge in [0.25, 0.3) is 0 Å². The Hall–Kier alpha value is -2.28. The van der Waals surface area contributed by atoms with E-state index in [1.165, 1.54) is 0 Å². The molecule has 0 aromatic carbocycles. The van der Waals surface area contributed by atoms with Crippen LogP contribution in [0.1, 0.15) is 50.5 Å². The number of aliphatic hydroxyl groups is 1. The van der Waals surface area contributed by atoms with Crippen molar-refractivity contribution in [1.82, 2.24) is 24.9 Å². The summed E-state index contributed by atoms with van der Waals surface area (Å²) < 4.78 is 1.73. The van der Waals surface area contributed by atoms with Gasteiger partial charge >= 0.3 is 0 Å². The third-order valence-electron chi connectivity index (χ3n) is 4.66. The molecule has 1 N–H and O–H groups in total. The van der Waals surface area contributed by atoms with Crippen LogP contribution in [0.25, 0.3) is 0 Å². The summed E-state index contributed by atoms with van der Waals surface area (Å²) in [5, 5.41) is 19.2. The summed E-state index contributed by atoms with van der Waals surface area (Å²) in [6, 6.07) is 5.89. The van der Waals surface area contributed by atoms with E-state index in [-0.39, 0.29) is 18.5 Å². The van der Waals surface area contributed by atoms with Crippen LogP contribution in [-0.4, -0.2) is 49.0 Å². The molecule has 1 aliphatic heterocycles. The Kier molecular flexibility index (Phi) is 5.13. The highest BCUT2D eigenvalue weighted by atomic mass is 16.3. The first-order chi connectivity index (χ1) is 12.0. The number of amides is 1. The molecule has 0 bridgehead atoms. The smallest absolute Gasteiger partial charge is 0.223 e. The molecular formula is C18H25N5O2. The molecule has 2 aromatic heterocycles. The van der Waals surface area contributed by atoms with Crippen LogP contribution in [0.15, 0.2) is 30.6 Å². The van der Waals surface area contributed by atoms with Crippen LogP contribution >= 0.6 is 0 Å². The van der Waals surface area contributed by atoms with E-state index in [0.717, 1.165) is 12.1 Å². The number of aromatic nitrogens is 4. The number of rotatable bonds is 5. The van der Waals surface area contributed by atoms with Crippen molar-refractivity contribution in [3.63, 3.8) is 0 Å². The van der Waals surface area contributed by atoms with Crippen LogP contribution in [0.3, 0.4) is 0 Å². The lowest BCUT2D eigenvalue weighted by Gasteiger charge is -2.38. The van der Waals surface area contributed by atoms with Crippen molar-refractivity contribution >= 4 is 5.91 Å². The van der Waals surface area contributed by atoms with Crippen molar-refractivity contribution in [3.05, 3.63) is 42.0 Å². The Balaban J connectivity index is 1.64. The van der Waals surface area contributed by atoms with Gasteiger partial charge in [0.1, 0.15) is 11.3 Å². The first-order valence-electron chi connectivity index (χ1n) is 8.80. The molecule has 134 valence electrons. The molecule has 3 heterocycles. The van der Waals surface area contributed by atoms with Crippen LogP contribution in [0.5, 0.6) is 0 Å². The maximum absolute atomic E-state index is 12.5. The molecule has 0 spiro atoms. The maximum atomic E-state index is 12.5. The van der Waals surface area contributed by atoms with Gasteiger partial charge in [-0.1, -0.05) is 11.3 Å². The summed E-state index contributed by atoms with van der Waals surface area (Å²) in [6.45, 7) is 4.96. The largest absolute Gasteiger partial charge is 0.382 e. The lowest BCUT2D eigenvalue weighted by Crippen LogP contribution is -2.48. The molecule has 7 nitrogen and oxygen atoms in total. The molecular weight excluding hydrogens is 318 g/mol. The van der Waals surface area contributed by atoms with Crippen molar-refractivity contribution < 1.29 is 9.90 Å². The Bertz CT molecular complexity index is 715. The van der Waals surface area contributed by atoms with Gasteiger partial charge in [0, 0.05) is 30.9 Å². The van der Waals surface area contributed by atoms with Gasteiger partial charge in [-0.3, -0.25) is 9.78 Å². The molecule has 0 unspecified atom stereocenters. The number of hydrogen-bond donors (Lipinski definition) is 1. The normalized spacial score (nSPS) is 20.9. The van der Waals surface area contributed by atoms with Gasteiger partial charge in [-0.2, -0.15) is 0 Å². The third kappa shape index (κ3) is 4.04. The number of piperidine rings is 1. The fourth-order valence-corrected chi connectivity index (χ4v) is 3.14. The molecule has 0 radical (unpaired) electrons. The van der Waals surface area contributed by atoms with Crippen molar-refractivity contribution in [1.29, 1.82) is 0 Å². The van der Waals surface area contributed by atoms with Crippen LogP contribution < -0.4 is 0 Å². The van der Waals surface area contributed by atoms with E-state index in [1.807, 2.05) is 32.0 Å². The zero-order valence-corrected chi connectivity index (χ0v) is 14.8. The summed E-state index contributed by atoms with van der Waals surface area (Å²) in [5.74, 6) is 0.0417. The minimum Gasteiger partial charge on any atom is -0.382 e. The molecule has 1 aliphatic rings. The van der Waals surface area contributed by atoms with Gasteiger partial charge in [-0.25, -0.2) is 4.68 Å². The van der Waals surface area contributed by atoms with Gasteiger partial charge in [0.15, 0.2) is 0 Å². The van der Waals surface area contributed by atoms with Crippen LogP contribution in [0.2, 0.25) is 0 Å². The van der Waals surface area contributed by atoms with Gasteiger partial charge < -0.3 is 10.0 Å². The standard InChI is InChI=1S/C18H25N5O2/c1-14(2)23-12-16(20-21-23)18(25)9-5-11-22(13-18)17(24)8-7-15-6-3-4-10-19-15/h3-4,6,10,12,14,25H,5,7-9,11,13H2,1-2H3/t18-/m0/s1. The third-order valence-corrected chi connectivity index (χ3v) is 4.66. The molecule has 1 amide bonds. The summed E-state index contributed by atoms with van der Waals surface area (Å²) in [6.07, 6.45) is 5.86. The number of carbonyl (C=O) groups excluding carboxylic acids is 1. The van der Waals surface area contributed by atoms with E-state index in [0.29, 0.717) is 31.5 Å². The van der Waals surface area contributed by atoms with Crippen LogP contribution in [-0.2, 0) is 16.8 Å². The Morgan fingerprint density at radius 2 is 2.24 bits per heavy atom. The second-order valence-corrected chi connectivity index (χ2v) is 6.95. The lowest BCUT2D eigenvalue weighted by atomic mass is 9.89. The fourth-order valence-electron chi connectivity index (χ4n) is 3.14. The first-order valence-corrected chi connectivity index (χ1v) is 8.80. The van der Waals surface area contributed by atoms with Gasteiger partial charge in [0.05, 0.1) is 12.7 Å². The highest BCUT2D eigenvalue weighted by Crippen LogP contribution is 2.30. The Morgan fingerprint density at radius 1 is 1.40 bits per heavy atom. The van der Waals surface area contributed by atoms with E-state index >= 15 is 0 Å². The molecule has 1 atom stereocenters. The molecule has 0 saturated carbocycles. The number of hydrogen-bond acceptors (Lipinski definition) is 5. The van der Waals surface area contributed by atoms with E-state index in [4.69, 9.17) is 0 Å². The topological polar surface area (TPSA) is 84.1 Å². The number of likely N-dealkylation sites (tertiary alicyclic amines) is 1. The zero-order valence-electron chi connectivity index (χ0n) is 14.8. The summed E-state index contributed by atoms with van der Waals surface area (Å²) in [7, 11) is 0. The fraction of sp³-hybridized carbons (Fsp3) is 0.556. The molecule has 7 heteroatoms. The molecule has 25 heavy (non-hydrogen) atoms. The van der Waals surface area contributed by atoms with E-state index in [9.17, 15) is 9.90 Å². The van der Waals surface area contributed by atoms with Crippen molar-refractivity contribution in [2.24, 2.45) is 0 Å². The summed E-state index contributed by atoms with van der Waals surface area (Å²) in [4.78, 5) is 18.5. The SMILES string of the molecule is CC(C)n1cc([C@]2(O)CCCN(C(=O)CCc3ccccn3)C2)nn1. The van der Waals surface area contributed by atoms with E-state index < -0.39 is 5.60 Å². The number of β-amino-alcohol motifs (C(OH)–C–C–N with tert-alkyl or cyclic N) is 1. The lowest BCUT2D eigenvalue weighted by molar-refractivity contribution is -0.139. The van der Waals surface area contributed by atoms with E-state index in [2.05, 4.69) is 15.3 Å². The number of aryl methyl sites for hydroxylation is 1. The number of nitrogens with zero attached hydrogens (tertiary/aromatic N) is 5.